The second-order valence-electron chi connectivity index (χ2n) is 4.89. The van der Waals surface area contributed by atoms with Gasteiger partial charge in [0.15, 0.2) is 0 Å². The number of hydrogen-bond donors (Lipinski definition) is 0. The third-order valence-electron chi connectivity index (χ3n) is 3.42. The van der Waals surface area contributed by atoms with Crippen LogP contribution in [0, 0.1) is 20.8 Å². The molecule has 0 heterocycles. The van der Waals surface area contributed by atoms with E-state index >= 15 is 0 Å². The van der Waals surface area contributed by atoms with Gasteiger partial charge in [0.05, 0.1) is 6.61 Å². The predicted molar refractivity (Wildman–Crippen MR) is 76.8 cm³/mol. The quantitative estimate of drug-likeness (QED) is 0.424. The third kappa shape index (κ3) is 4.93. The molecule has 19 heavy (non-hydrogen) atoms. The second-order valence-corrected chi connectivity index (χ2v) is 4.89. The van der Waals surface area contributed by atoms with Gasteiger partial charge in [-0.1, -0.05) is 32.3 Å². The Hall–Kier alpha value is -1.51. The highest BCUT2D eigenvalue weighted by molar-refractivity contribution is 5.65. The SMILES string of the molecule is CCCCCCOC(=O)Oc1ccc(C)c(C)c1C. The molecule has 0 aliphatic rings. The van der Waals surface area contributed by atoms with Crippen LogP contribution in [0.5, 0.6) is 5.75 Å². The Morgan fingerprint density at radius 2 is 1.79 bits per heavy atom. The van der Waals surface area contributed by atoms with Crippen molar-refractivity contribution in [1.82, 2.24) is 0 Å². The second kappa shape index (κ2) is 7.82. The summed E-state index contributed by atoms with van der Waals surface area (Å²) in [5.41, 5.74) is 3.33. The summed E-state index contributed by atoms with van der Waals surface area (Å²) in [7, 11) is 0. The Morgan fingerprint density at radius 1 is 1.05 bits per heavy atom. The van der Waals surface area contributed by atoms with Crippen LogP contribution in [0.4, 0.5) is 4.79 Å². The number of hydrogen-bond acceptors (Lipinski definition) is 3. The molecule has 0 aliphatic carbocycles. The molecule has 0 radical (unpaired) electrons. The van der Waals surface area contributed by atoms with Crippen LogP contribution < -0.4 is 4.74 Å². The van der Waals surface area contributed by atoms with Gasteiger partial charge in [-0.15, -0.1) is 0 Å². The monoisotopic (exact) mass is 264 g/mol. The number of benzene rings is 1. The van der Waals surface area contributed by atoms with Gasteiger partial charge in [-0.3, -0.25) is 0 Å². The molecule has 0 N–H and O–H groups in total. The molecule has 3 heteroatoms. The largest absolute Gasteiger partial charge is 0.513 e. The van der Waals surface area contributed by atoms with Crippen LogP contribution >= 0.6 is 0 Å². The van der Waals surface area contributed by atoms with Crippen molar-refractivity contribution in [2.24, 2.45) is 0 Å². The molecule has 1 rings (SSSR count). The van der Waals surface area contributed by atoms with Crippen molar-refractivity contribution < 1.29 is 14.3 Å². The van der Waals surface area contributed by atoms with Crippen molar-refractivity contribution >= 4 is 6.16 Å². The Labute approximate surface area is 115 Å². The molecule has 3 nitrogen and oxygen atoms in total. The lowest BCUT2D eigenvalue weighted by Crippen LogP contribution is -2.12. The fraction of sp³-hybridized carbons (Fsp3) is 0.562. The lowest BCUT2D eigenvalue weighted by Gasteiger charge is -2.11. The molecule has 106 valence electrons. The smallest absolute Gasteiger partial charge is 0.434 e. The molecular weight excluding hydrogens is 240 g/mol. The molecule has 0 spiro atoms. The molecule has 0 atom stereocenters. The van der Waals surface area contributed by atoms with Gasteiger partial charge in [0, 0.05) is 0 Å². The first-order valence-electron chi connectivity index (χ1n) is 6.97. The lowest BCUT2D eigenvalue weighted by molar-refractivity contribution is 0.0970. The summed E-state index contributed by atoms with van der Waals surface area (Å²) < 4.78 is 10.3. The Morgan fingerprint density at radius 3 is 2.47 bits per heavy atom. The zero-order valence-corrected chi connectivity index (χ0v) is 12.4. The maximum atomic E-state index is 11.5. The summed E-state index contributed by atoms with van der Waals surface area (Å²) in [5, 5.41) is 0. The molecule has 1 aromatic rings. The van der Waals surface area contributed by atoms with E-state index in [4.69, 9.17) is 9.47 Å². The summed E-state index contributed by atoms with van der Waals surface area (Å²) in [4.78, 5) is 11.5. The topological polar surface area (TPSA) is 35.5 Å². The van der Waals surface area contributed by atoms with E-state index in [1.165, 1.54) is 18.4 Å². The number of unbranched alkanes of at least 4 members (excludes halogenated alkanes) is 3. The maximum absolute atomic E-state index is 11.5. The molecule has 0 aromatic heterocycles. The van der Waals surface area contributed by atoms with Crippen molar-refractivity contribution in [2.45, 2.75) is 53.4 Å². The van der Waals surface area contributed by atoms with Gasteiger partial charge in [-0.05, 0) is 49.9 Å². The van der Waals surface area contributed by atoms with Gasteiger partial charge in [0.1, 0.15) is 5.75 Å². The first-order valence-corrected chi connectivity index (χ1v) is 6.97. The van der Waals surface area contributed by atoms with Gasteiger partial charge < -0.3 is 9.47 Å². The van der Waals surface area contributed by atoms with Gasteiger partial charge in [0.25, 0.3) is 0 Å². The minimum atomic E-state index is -0.608. The van der Waals surface area contributed by atoms with Crippen molar-refractivity contribution in [3.05, 3.63) is 28.8 Å². The molecule has 0 saturated carbocycles. The first kappa shape index (κ1) is 15.5. The Balaban J connectivity index is 2.42. The summed E-state index contributed by atoms with van der Waals surface area (Å²) >= 11 is 0. The summed E-state index contributed by atoms with van der Waals surface area (Å²) in [6, 6.07) is 3.77. The average Bonchev–Trinajstić information content (AvgIpc) is 2.39. The fourth-order valence-corrected chi connectivity index (χ4v) is 1.85. The van der Waals surface area contributed by atoms with Crippen molar-refractivity contribution in [2.75, 3.05) is 6.61 Å². The standard InChI is InChI=1S/C16H24O3/c1-5-6-7-8-11-18-16(17)19-15-10-9-12(2)13(3)14(15)4/h9-10H,5-8,11H2,1-4H3. The van der Waals surface area contributed by atoms with Crippen LogP contribution in [-0.2, 0) is 4.74 Å². The molecular formula is C16H24O3. The van der Waals surface area contributed by atoms with Crippen molar-refractivity contribution in [1.29, 1.82) is 0 Å². The lowest BCUT2D eigenvalue weighted by atomic mass is 10.0. The van der Waals surface area contributed by atoms with Crippen LogP contribution in [0.1, 0.15) is 49.3 Å². The van der Waals surface area contributed by atoms with Gasteiger partial charge in [0.2, 0.25) is 0 Å². The average molecular weight is 264 g/mol. The van der Waals surface area contributed by atoms with Gasteiger partial charge >= 0.3 is 6.16 Å². The highest BCUT2D eigenvalue weighted by atomic mass is 16.7. The van der Waals surface area contributed by atoms with E-state index in [9.17, 15) is 4.79 Å². The van der Waals surface area contributed by atoms with E-state index in [-0.39, 0.29) is 0 Å². The van der Waals surface area contributed by atoms with E-state index in [1.807, 2.05) is 32.9 Å². The number of rotatable bonds is 6. The van der Waals surface area contributed by atoms with Gasteiger partial charge in [-0.2, -0.15) is 0 Å². The number of carbonyl (C=O) groups excluding carboxylic acids is 1. The highest BCUT2D eigenvalue weighted by Gasteiger charge is 2.10. The van der Waals surface area contributed by atoms with Crippen LogP contribution in [0.2, 0.25) is 0 Å². The zero-order chi connectivity index (χ0) is 14.3. The molecule has 0 saturated heterocycles. The number of carbonyl (C=O) groups is 1. The molecule has 0 aliphatic heterocycles. The Bertz CT molecular complexity index is 424. The van der Waals surface area contributed by atoms with Crippen molar-refractivity contribution in [3.8, 4) is 5.75 Å². The third-order valence-corrected chi connectivity index (χ3v) is 3.42. The van der Waals surface area contributed by atoms with Crippen LogP contribution in [0.3, 0.4) is 0 Å². The maximum Gasteiger partial charge on any atom is 0.513 e. The molecule has 0 unspecified atom stereocenters. The van der Waals surface area contributed by atoms with Gasteiger partial charge in [-0.25, -0.2) is 4.79 Å². The molecule has 0 bridgehead atoms. The van der Waals surface area contributed by atoms with E-state index in [1.54, 1.807) is 0 Å². The predicted octanol–water partition coefficient (Wildman–Crippen LogP) is 4.71. The number of ether oxygens (including phenoxy) is 2. The first-order chi connectivity index (χ1) is 9.06. The summed E-state index contributed by atoms with van der Waals surface area (Å²) in [6.45, 7) is 8.60. The minimum Gasteiger partial charge on any atom is -0.434 e. The fourth-order valence-electron chi connectivity index (χ4n) is 1.85. The van der Waals surface area contributed by atoms with Crippen molar-refractivity contribution in [3.63, 3.8) is 0 Å². The highest BCUT2D eigenvalue weighted by Crippen LogP contribution is 2.24. The zero-order valence-electron chi connectivity index (χ0n) is 12.4. The summed E-state index contributed by atoms with van der Waals surface area (Å²) in [5.74, 6) is 0.585. The van der Waals surface area contributed by atoms with E-state index in [2.05, 4.69) is 6.92 Å². The molecule has 0 fully saturated rings. The van der Waals surface area contributed by atoms with E-state index < -0.39 is 6.16 Å². The van der Waals surface area contributed by atoms with Crippen LogP contribution in [0.25, 0.3) is 0 Å². The number of aryl methyl sites for hydroxylation is 1. The molecule has 0 amide bonds. The normalized spacial score (nSPS) is 10.3. The van der Waals surface area contributed by atoms with Crippen LogP contribution in [-0.4, -0.2) is 12.8 Å². The Kier molecular flexibility index (Phi) is 6.40. The van der Waals surface area contributed by atoms with Crippen LogP contribution in [0.15, 0.2) is 12.1 Å². The molecule has 1 aromatic carbocycles. The minimum absolute atomic E-state index is 0.433. The van der Waals surface area contributed by atoms with E-state index in [0.29, 0.717) is 12.4 Å². The van der Waals surface area contributed by atoms with E-state index in [0.717, 1.165) is 24.0 Å². The summed E-state index contributed by atoms with van der Waals surface area (Å²) in [6.07, 6.45) is 3.73.